The molecule has 4 rings (SSSR count). The molecule has 162 valence electrons. The number of benzene rings is 3. The molecule has 0 saturated heterocycles. The summed E-state index contributed by atoms with van der Waals surface area (Å²) in [4.78, 5) is 19.3. The Bertz CT molecular complexity index is 1160. The lowest BCUT2D eigenvalue weighted by Crippen LogP contribution is -2.33. The fourth-order valence-electron chi connectivity index (χ4n) is 3.29. The van der Waals surface area contributed by atoms with Gasteiger partial charge in [-0.2, -0.15) is 4.98 Å². The van der Waals surface area contributed by atoms with E-state index in [1.807, 2.05) is 54.6 Å². The summed E-state index contributed by atoms with van der Waals surface area (Å²) in [6.45, 7) is 0.894. The molecule has 1 aromatic heterocycles. The predicted molar refractivity (Wildman–Crippen MR) is 123 cm³/mol. The summed E-state index contributed by atoms with van der Waals surface area (Å²) in [7, 11) is 0. The second-order valence-corrected chi connectivity index (χ2v) is 8.29. The van der Waals surface area contributed by atoms with Crippen LogP contribution in [0.2, 0.25) is 0 Å². The minimum Gasteiger partial charge on any atom is -0.339 e. The third-order valence-corrected chi connectivity index (χ3v) is 5.53. The number of hydrogen-bond acceptors (Lipinski definition) is 4. The molecule has 5 nitrogen and oxygen atoms in total. The summed E-state index contributed by atoms with van der Waals surface area (Å²) in [5.41, 5.74) is 2.66. The number of nitrogens with zero attached hydrogens (tertiary/aromatic N) is 3. The minimum absolute atomic E-state index is 0.0480. The zero-order chi connectivity index (χ0) is 22.3. The molecular formula is C25H21BrFN3O2. The molecule has 1 heterocycles. The molecule has 0 aliphatic carbocycles. The summed E-state index contributed by atoms with van der Waals surface area (Å²) in [5, 5.41) is 4.06. The SMILES string of the molecule is O=C(Cc1ccc(F)cc1)N(CCc1nc(-c2ccc(Br)cc2)no1)Cc1ccccc1. The summed E-state index contributed by atoms with van der Waals surface area (Å²) in [5.74, 6) is 0.615. The van der Waals surface area contributed by atoms with Crippen LogP contribution in [-0.4, -0.2) is 27.5 Å². The van der Waals surface area contributed by atoms with Crippen molar-refractivity contribution in [3.8, 4) is 11.4 Å². The molecule has 32 heavy (non-hydrogen) atoms. The summed E-state index contributed by atoms with van der Waals surface area (Å²) in [6, 6.07) is 23.5. The topological polar surface area (TPSA) is 59.2 Å². The zero-order valence-electron chi connectivity index (χ0n) is 17.2. The minimum atomic E-state index is -0.319. The number of carbonyl (C=O) groups excluding carboxylic acids is 1. The third-order valence-electron chi connectivity index (χ3n) is 5.00. The van der Waals surface area contributed by atoms with Gasteiger partial charge in [-0.05, 0) is 47.5 Å². The lowest BCUT2D eigenvalue weighted by Gasteiger charge is -2.22. The van der Waals surface area contributed by atoms with Crippen molar-refractivity contribution in [3.63, 3.8) is 0 Å². The number of amides is 1. The molecule has 4 aromatic rings. The Labute approximate surface area is 194 Å². The van der Waals surface area contributed by atoms with E-state index in [4.69, 9.17) is 4.52 Å². The van der Waals surface area contributed by atoms with Gasteiger partial charge in [0.1, 0.15) is 5.82 Å². The summed E-state index contributed by atoms with van der Waals surface area (Å²) < 4.78 is 19.6. The van der Waals surface area contributed by atoms with Crippen molar-refractivity contribution < 1.29 is 13.7 Å². The molecule has 3 aromatic carbocycles. The normalized spacial score (nSPS) is 10.8. The maximum Gasteiger partial charge on any atom is 0.228 e. The van der Waals surface area contributed by atoms with Crippen LogP contribution < -0.4 is 0 Å². The average Bonchev–Trinajstić information content (AvgIpc) is 3.28. The fraction of sp³-hybridized carbons (Fsp3) is 0.160. The largest absolute Gasteiger partial charge is 0.339 e. The van der Waals surface area contributed by atoms with Crippen molar-refractivity contribution in [2.75, 3.05) is 6.54 Å². The van der Waals surface area contributed by atoms with E-state index in [-0.39, 0.29) is 18.1 Å². The maximum atomic E-state index is 13.2. The first-order chi connectivity index (χ1) is 15.6. The van der Waals surface area contributed by atoms with Crippen LogP contribution in [0.4, 0.5) is 4.39 Å². The van der Waals surface area contributed by atoms with Gasteiger partial charge in [-0.3, -0.25) is 4.79 Å². The molecule has 7 heteroatoms. The van der Waals surface area contributed by atoms with Crippen LogP contribution in [0.1, 0.15) is 17.0 Å². The van der Waals surface area contributed by atoms with Crippen molar-refractivity contribution in [2.24, 2.45) is 0 Å². The number of hydrogen-bond donors (Lipinski definition) is 0. The highest BCUT2D eigenvalue weighted by atomic mass is 79.9. The van der Waals surface area contributed by atoms with E-state index in [0.29, 0.717) is 31.2 Å². The van der Waals surface area contributed by atoms with E-state index in [2.05, 4.69) is 26.1 Å². The molecule has 0 aliphatic rings. The predicted octanol–water partition coefficient (Wildman–Crippen LogP) is 5.45. The Morgan fingerprint density at radius 2 is 1.66 bits per heavy atom. The Morgan fingerprint density at radius 1 is 0.938 bits per heavy atom. The smallest absolute Gasteiger partial charge is 0.228 e. The van der Waals surface area contributed by atoms with E-state index in [1.54, 1.807) is 17.0 Å². The maximum absolute atomic E-state index is 13.2. The fourth-order valence-corrected chi connectivity index (χ4v) is 3.55. The van der Waals surface area contributed by atoms with Gasteiger partial charge in [0, 0.05) is 29.5 Å². The Kier molecular flexibility index (Phi) is 7.07. The first kappa shape index (κ1) is 21.9. The van der Waals surface area contributed by atoms with Gasteiger partial charge in [0.25, 0.3) is 0 Å². The average molecular weight is 494 g/mol. The quantitative estimate of drug-likeness (QED) is 0.327. The number of aromatic nitrogens is 2. The van der Waals surface area contributed by atoms with Gasteiger partial charge in [0.05, 0.1) is 6.42 Å². The van der Waals surface area contributed by atoms with Gasteiger partial charge in [-0.1, -0.05) is 63.6 Å². The van der Waals surface area contributed by atoms with Crippen LogP contribution >= 0.6 is 15.9 Å². The molecular weight excluding hydrogens is 473 g/mol. The van der Waals surface area contributed by atoms with Gasteiger partial charge in [-0.25, -0.2) is 4.39 Å². The first-order valence-electron chi connectivity index (χ1n) is 10.2. The molecule has 0 saturated carbocycles. The van der Waals surface area contributed by atoms with Crippen molar-refractivity contribution in [2.45, 2.75) is 19.4 Å². The van der Waals surface area contributed by atoms with Crippen LogP contribution in [-0.2, 0) is 24.2 Å². The highest BCUT2D eigenvalue weighted by Crippen LogP contribution is 2.19. The summed E-state index contributed by atoms with van der Waals surface area (Å²) in [6.07, 6.45) is 0.632. The van der Waals surface area contributed by atoms with Crippen molar-refractivity contribution >= 4 is 21.8 Å². The Balaban J connectivity index is 1.45. The van der Waals surface area contributed by atoms with Crippen molar-refractivity contribution in [1.82, 2.24) is 15.0 Å². The standard InChI is InChI=1S/C25H21BrFN3O2/c26-21-10-8-20(9-11-21)25-28-23(32-29-25)14-15-30(17-19-4-2-1-3-5-19)24(31)16-18-6-12-22(27)13-7-18/h1-13H,14-17H2. The molecule has 0 radical (unpaired) electrons. The monoisotopic (exact) mass is 493 g/mol. The molecule has 0 unspecified atom stereocenters. The number of halogens is 2. The van der Waals surface area contributed by atoms with Crippen molar-refractivity contribution in [3.05, 3.63) is 106 Å². The van der Waals surface area contributed by atoms with Crippen molar-refractivity contribution in [1.29, 1.82) is 0 Å². The zero-order valence-corrected chi connectivity index (χ0v) is 18.8. The molecule has 0 aliphatic heterocycles. The van der Waals surface area contributed by atoms with Crippen LogP contribution in [0.15, 0.2) is 87.9 Å². The van der Waals surface area contributed by atoms with Gasteiger partial charge >= 0.3 is 0 Å². The lowest BCUT2D eigenvalue weighted by atomic mass is 10.1. The van der Waals surface area contributed by atoms with Gasteiger partial charge in [0.2, 0.25) is 17.6 Å². The third kappa shape index (κ3) is 5.88. The number of rotatable bonds is 8. The Morgan fingerprint density at radius 3 is 2.38 bits per heavy atom. The second-order valence-electron chi connectivity index (χ2n) is 7.37. The van der Waals surface area contributed by atoms with Gasteiger partial charge in [-0.15, -0.1) is 0 Å². The van der Waals surface area contributed by atoms with Gasteiger partial charge < -0.3 is 9.42 Å². The molecule has 0 atom stereocenters. The molecule has 0 N–H and O–H groups in total. The second kappa shape index (κ2) is 10.3. The molecule has 0 bridgehead atoms. The number of carbonyl (C=O) groups is 1. The molecule has 0 spiro atoms. The Hall–Kier alpha value is -3.32. The van der Waals surface area contributed by atoms with Crippen LogP contribution in [0.3, 0.4) is 0 Å². The molecule has 1 amide bonds. The van der Waals surface area contributed by atoms with E-state index in [1.165, 1.54) is 12.1 Å². The van der Waals surface area contributed by atoms with Crippen LogP contribution in [0.5, 0.6) is 0 Å². The van der Waals surface area contributed by atoms with E-state index >= 15 is 0 Å². The van der Waals surface area contributed by atoms with E-state index in [9.17, 15) is 9.18 Å². The first-order valence-corrected chi connectivity index (χ1v) is 11.0. The molecule has 0 fully saturated rings. The highest BCUT2D eigenvalue weighted by molar-refractivity contribution is 9.10. The summed E-state index contributed by atoms with van der Waals surface area (Å²) >= 11 is 3.41. The van der Waals surface area contributed by atoms with Crippen LogP contribution in [0, 0.1) is 5.82 Å². The van der Waals surface area contributed by atoms with E-state index < -0.39 is 0 Å². The highest BCUT2D eigenvalue weighted by Gasteiger charge is 2.17. The van der Waals surface area contributed by atoms with Gasteiger partial charge in [0.15, 0.2) is 0 Å². The van der Waals surface area contributed by atoms with E-state index in [0.717, 1.165) is 21.2 Å². The lowest BCUT2D eigenvalue weighted by molar-refractivity contribution is -0.131. The van der Waals surface area contributed by atoms with Crippen LogP contribution in [0.25, 0.3) is 11.4 Å².